The minimum absolute atomic E-state index is 0.341. The molecule has 24 heavy (non-hydrogen) atoms. The Morgan fingerprint density at radius 2 is 2.17 bits per heavy atom. The molecule has 3 atom stereocenters. The number of likely N-dealkylation sites (N-methyl/N-ethyl adjacent to an activating group) is 1. The van der Waals surface area contributed by atoms with Crippen molar-refractivity contribution in [1.29, 1.82) is 0 Å². The van der Waals surface area contributed by atoms with Crippen LogP contribution in [0.15, 0.2) is 4.99 Å². The maximum absolute atomic E-state index is 12.0. The molecule has 1 aliphatic carbocycles. The van der Waals surface area contributed by atoms with E-state index in [-0.39, 0.29) is 0 Å². The van der Waals surface area contributed by atoms with Gasteiger partial charge in [0.1, 0.15) is 0 Å². The zero-order valence-corrected chi connectivity index (χ0v) is 16.7. The van der Waals surface area contributed by atoms with E-state index in [0.29, 0.717) is 11.3 Å². The van der Waals surface area contributed by atoms with E-state index in [1.807, 2.05) is 14.0 Å². The lowest BCUT2D eigenvalue weighted by Gasteiger charge is -2.30. The van der Waals surface area contributed by atoms with Crippen molar-refractivity contribution in [1.82, 2.24) is 15.5 Å². The van der Waals surface area contributed by atoms with Gasteiger partial charge in [-0.1, -0.05) is 13.3 Å². The van der Waals surface area contributed by atoms with Crippen LogP contribution >= 0.6 is 0 Å². The number of guanidine groups is 1. The summed E-state index contributed by atoms with van der Waals surface area (Å²) >= 11 is 0. The molecule has 2 N–H and O–H groups in total. The van der Waals surface area contributed by atoms with Crippen LogP contribution in [0, 0.1) is 0 Å². The van der Waals surface area contributed by atoms with Crippen molar-refractivity contribution < 1.29 is 8.95 Å². The number of hydrogen-bond acceptors (Lipinski definition) is 4. The van der Waals surface area contributed by atoms with E-state index in [1.54, 1.807) is 7.11 Å². The largest absolute Gasteiger partial charge is 0.383 e. The Bertz CT molecular complexity index is 393. The number of nitrogens with zero attached hydrogens (tertiary/aromatic N) is 2. The van der Waals surface area contributed by atoms with Gasteiger partial charge in [0.2, 0.25) is 0 Å². The van der Waals surface area contributed by atoms with Gasteiger partial charge in [0, 0.05) is 55.1 Å². The second kappa shape index (κ2) is 12.7. The monoisotopic (exact) mass is 360 g/mol. The summed E-state index contributed by atoms with van der Waals surface area (Å²) in [7, 11) is 4.97. The Morgan fingerprint density at radius 3 is 2.83 bits per heavy atom. The Labute approximate surface area is 150 Å². The van der Waals surface area contributed by atoms with E-state index in [0.717, 1.165) is 70.1 Å². The maximum Gasteiger partial charge on any atom is 0.191 e. The van der Waals surface area contributed by atoms with Gasteiger partial charge in [-0.25, -0.2) is 0 Å². The number of aliphatic imine (C=N–C) groups is 1. The molecule has 0 radical (unpaired) electrons. The summed E-state index contributed by atoms with van der Waals surface area (Å²) in [4.78, 5) is 6.59. The number of methoxy groups -OCH3 is 1. The highest BCUT2D eigenvalue weighted by Crippen LogP contribution is 2.22. The second-order valence-corrected chi connectivity index (χ2v) is 8.45. The van der Waals surface area contributed by atoms with Crippen molar-refractivity contribution in [3.63, 3.8) is 0 Å². The fraction of sp³-hybridized carbons (Fsp3) is 0.941. The first-order valence-corrected chi connectivity index (χ1v) is 10.5. The fourth-order valence-electron chi connectivity index (χ4n) is 3.05. The van der Waals surface area contributed by atoms with Crippen molar-refractivity contribution in [2.75, 3.05) is 53.2 Å². The van der Waals surface area contributed by atoms with Crippen molar-refractivity contribution in [3.05, 3.63) is 0 Å². The molecule has 0 saturated heterocycles. The van der Waals surface area contributed by atoms with E-state index >= 15 is 0 Å². The average molecular weight is 361 g/mol. The lowest BCUT2D eigenvalue weighted by Crippen LogP contribution is -2.47. The van der Waals surface area contributed by atoms with Gasteiger partial charge in [-0.15, -0.1) is 0 Å². The smallest absolute Gasteiger partial charge is 0.191 e. The van der Waals surface area contributed by atoms with E-state index in [2.05, 4.69) is 27.6 Å². The molecule has 1 saturated carbocycles. The Balaban J connectivity index is 2.26. The second-order valence-electron chi connectivity index (χ2n) is 6.45. The Morgan fingerprint density at radius 1 is 1.38 bits per heavy atom. The Hall–Kier alpha value is -0.660. The standard InChI is InChI=1S/C17H36N4O2S/c1-5-24(22)16-9-6-8-15(14-16)20-17(18-2)19-10-7-11-21(3)12-13-23-4/h15-16H,5-14H2,1-4H3,(H2,18,19,20). The van der Waals surface area contributed by atoms with E-state index in [9.17, 15) is 4.21 Å². The zero-order valence-electron chi connectivity index (χ0n) is 15.8. The molecule has 0 aromatic rings. The van der Waals surface area contributed by atoms with Crippen LogP contribution in [0.25, 0.3) is 0 Å². The first-order valence-electron chi connectivity index (χ1n) is 9.12. The fourth-order valence-corrected chi connectivity index (χ4v) is 4.40. The molecule has 1 rings (SSSR count). The number of hydrogen-bond donors (Lipinski definition) is 2. The van der Waals surface area contributed by atoms with Crippen LogP contribution in [-0.4, -0.2) is 79.6 Å². The minimum atomic E-state index is -0.682. The van der Waals surface area contributed by atoms with E-state index in [1.165, 1.54) is 0 Å². The molecule has 0 aromatic heterocycles. The normalized spacial score (nSPS) is 23.3. The average Bonchev–Trinajstić information content (AvgIpc) is 2.61. The van der Waals surface area contributed by atoms with Crippen LogP contribution in [0.4, 0.5) is 0 Å². The van der Waals surface area contributed by atoms with Gasteiger partial charge in [0.15, 0.2) is 5.96 Å². The van der Waals surface area contributed by atoms with Crippen LogP contribution in [0.5, 0.6) is 0 Å². The molecule has 3 unspecified atom stereocenters. The number of ether oxygens (including phenoxy) is 1. The quantitative estimate of drug-likeness (QED) is 0.348. The molecule has 6 nitrogen and oxygen atoms in total. The van der Waals surface area contributed by atoms with Gasteiger partial charge >= 0.3 is 0 Å². The lowest BCUT2D eigenvalue weighted by molar-refractivity contribution is 0.161. The molecule has 0 bridgehead atoms. The predicted molar refractivity (Wildman–Crippen MR) is 103 cm³/mol. The van der Waals surface area contributed by atoms with Gasteiger partial charge in [0.05, 0.1) is 6.61 Å². The first-order chi connectivity index (χ1) is 11.6. The molecule has 142 valence electrons. The topological polar surface area (TPSA) is 66.0 Å². The van der Waals surface area contributed by atoms with Gasteiger partial charge in [-0.05, 0) is 39.3 Å². The summed E-state index contributed by atoms with van der Waals surface area (Å²) in [6.45, 7) is 5.68. The lowest BCUT2D eigenvalue weighted by atomic mass is 9.95. The Kier molecular flexibility index (Phi) is 11.3. The number of nitrogens with one attached hydrogen (secondary N) is 2. The number of rotatable bonds is 10. The molecule has 1 fully saturated rings. The highest BCUT2D eigenvalue weighted by Gasteiger charge is 2.25. The van der Waals surface area contributed by atoms with E-state index in [4.69, 9.17) is 4.74 Å². The van der Waals surface area contributed by atoms with Crippen LogP contribution in [0.1, 0.15) is 39.0 Å². The summed E-state index contributed by atoms with van der Waals surface area (Å²) < 4.78 is 17.1. The van der Waals surface area contributed by atoms with Gasteiger partial charge in [-0.3, -0.25) is 9.20 Å². The molecular weight excluding hydrogens is 324 g/mol. The van der Waals surface area contributed by atoms with Crippen molar-refractivity contribution >= 4 is 16.8 Å². The van der Waals surface area contributed by atoms with Crippen molar-refractivity contribution in [2.45, 2.75) is 50.3 Å². The van der Waals surface area contributed by atoms with Crippen LogP contribution in [0.2, 0.25) is 0 Å². The summed E-state index contributed by atoms with van der Waals surface area (Å²) in [5, 5.41) is 7.24. The molecule has 0 aromatic carbocycles. The molecule has 0 aliphatic heterocycles. The summed E-state index contributed by atoms with van der Waals surface area (Å²) in [5.41, 5.74) is 0. The highest BCUT2D eigenvalue weighted by molar-refractivity contribution is 7.85. The third kappa shape index (κ3) is 8.44. The minimum Gasteiger partial charge on any atom is -0.383 e. The van der Waals surface area contributed by atoms with Crippen LogP contribution in [-0.2, 0) is 15.5 Å². The molecule has 0 heterocycles. The van der Waals surface area contributed by atoms with Crippen LogP contribution < -0.4 is 10.6 Å². The SMILES string of the molecule is CCS(=O)C1CCCC(NC(=NC)NCCCN(C)CCOC)C1. The molecule has 1 aliphatic rings. The van der Waals surface area contributed by atoms with Gasteiger partial charge < -0.3 is 20.3 Å². The third-order valence-corrected chi connectivity index (χ3v) is 6.27. The summed E-state index contributed by atoms with van der Waals surface area (Å²) in [5.74, 6) is 1.63. The molecule has 7 heteroatoms. The van der Waals surface area contributed by atoms with Crippen molar-refractivity contribution in [2.24, 2.45) is 4.99 Å². The molecule has 0 spiro atoms. The van der Waals surface area contributed by atoms with Gasteiger partial charge in [0.25, 0.3) is 0 Å². The predicted octanol–water partition coefficient (Wildman–Crippen LogP) is 1.20. The molecule has 0 amide bonds. The summed E-state index contributed by atoms with van der Waals surface area (Å²) in [6, 6.07) is 0.384. The van der Waals surface area contributed by atoms with Gasteiger partial charge in [-0.2, -0.15) is 0 Å². The van der Waals surface area contributed by atoms with E-state index < -0.39 is 10.8 Å². The highest BCUT2D eigenvalue weighted by atomic mass is 32.2. The maximum atomic E-state index is 12.0. The van der Waals surface area contributed by atoms with Crippen LogP contribution in [0.3, 0.4) is 0 Å². The first kappa shape index (κ1) is 21.4. The molecular formula is C17H36N4O2S. The zero-order chi connectivity index (χ0) is 17.8. The summed E-state index contributed by atoms with van der Waals surface area (Å²) in [6.07, 6.45) is 5.43. The van der Waals surface area contributed by atoms with Crippen molar-refractivity contribution in [3.8, 4) is 0 Å². The third-order valence-electron chi connectivity index (χ3n) is 4.53.